The number of tetrazole rings is 1. The number of dihydropyridines is 1. The van der Waals surface area contributed by atoms with Crippen molar-refractivity contribution < 1.29 is 39.9 Å². The fraction of sp³-hybridized carbons (Fsp3) is 0.333. The van der Waals surface area contributed by atoms with Crippen molar-refractivity contribution in [1.82, 2.24) is 31.4 Å². The Balaban J connectivity index is 0.000000426. The van der Waals surface area contributed by atoms with Crippen LogP contribution in [0, 0.1) is 5.92 Å². The van der Waals surface area contributed by atoms with Crippen LogP contribution in [0.15, 0.2) is 38.1 Å². The Morgan fingerprint density at radius 1 is 1.16 bits per heavy atom. The number of nitrogens with one attached hydrogen (secondary N) is 3. The molecular formula is C18H18F3N9O6S2. The summed E-state index contributed by atoms with van der Waals surface area (Å²) >= 11 is 0. The minimum absolute atomic E-state index is 0.0279. The number of aliphatic carboxylic acids is 1. The smallest absolute Gasteiger partial charge is 0.475 e. The third kappa shape index (κ3) is 5.28. The van der Waals surface area contributed by atoms with Gasteiger partial charge in [-0.1, -0.05) is 12.1 Å². The third-order valence-corrected chi connectivity index (χ3v) is 8.88. The number of hydrogen-bond donors (Lipinski definition) is 5. The van der Waals surface area contributed by atoms with Crippen LogP contribution in [-0.4, -0.2) is 91.6 Å². The number of aromatic amines is 1. The molecule has 38 heavy (non-hydrogen) atoms. The molecule has 1 fully saturated rings. The quantitative estimate of drug-likeness (QED) is 0.286. The van der Waals surface area contributed by atoms with Gasteiger partial charge in [-0.25, -0.2) is 31.9 Å². The number of carboxylic acid groups (broad SMARTS) is 1. The Labute approximate surface area is 212 Å². The van der Waals surface area contributed by atoms with Crippen LogP contribution in [0.4, 0.5) is 13.2 Å². The SMILES string of the molecule is NS(=O)(=O)c1c(S(=O)(=O)C2CNC2)ccc(C2=CC3C=NNC3N=C2)c1-c1nnn[nH]1.O=C(O)C(F)(F)F. The topological polar surface area (TPSA) is 235 Å². The zero-order valence-electron chi connectivity index (χ0n) is 18.8. The number of nitrogens with zero attached hydrogens (tertiary/aromatic N) is 5. The molecule has 0 aliphatic carbocycles. The maximum absolute atomic E-state index is 13.2. The standard InChI is InChI=1S/C16H17N9O4S2.C2HF3O2/c17-31(28,29)14-12(30(26,27)10-6-18-7-10)2-1-11(13(14)16-22-24-25-23-16)8-3-9-5-20-21-15(9)19-4-8;3-2(4,5)1(6)7/h1-5,9-10,15,18,21H,6-7H2,(H2,17,28,29)(H,22,23,24,25);(H,6,7). The fourth-order valence-corrected chi connectivity index (χ4v) is 6.87. The minimum Gasteiger partial charge on any atom is -0.475 e. The first-order valence-corrected chi connectivity index (χ1v) is 13.5. The van der Waals surface area contributed by atoms with Crippen LogP contribution in [-0.2, 0) is 24.7 Å². The van der Waals surface area contributed by atoms with Gasteiger partial charge in [0.1, 0.15) is 11.1 Å². The zero-order valence-corrected chi connectivity index (χ0v) is 20.4. The number of hydrogen-bond acceptors (Lipinski definition) is 12. The molecule has 1 saturated heterocycles. The Bertz CT molecular complexity index is 1550. The highest BCUT2D eigenvalue weighted by atomic mass is 32.2. The second kappa shape index (κ2) is 9.85. The largest absolute Gasteiger partial charge is 0.490 e. The van der Waals surface area contributed by atoms with Crippen LogP contribution in [0.3, 0.4) is 0 Å². The summed E-state index contributed by atoms with van der Waals surface area (Å²) in [4.78, 5) is 12.3. The molecule has 0 amide bonds. The molecule has 0 spiro atoms. The van der Waals surface area contributed by atoms with E-state index in [4.69, 9.17) is 15.0 Å². The summed E-state index contributed by atoms with van der Waals surface area (Å²) in [6.45, 7) is 0.446. The molecule has 2 unspecified atom stereocenters. The summed E-state index contributed by atoms with van der Waals surface area (Å²) in [5, 5.41) is 32.2. The number of halogens is 3. The number of sulfone groups is 1. The molecule has 4 heterocycles. The number of hydrazone groups is 1. The van der Waals surface area contributed by atoms with Gasteiger partial charge < -0.3 is 10.4 Å². The monoisotopic (exact) mass is 577 g/mol. The van der Waals surface area contributed by atoms with Crippen molar-refractivity contribution in [1.29, 1.82) is 0 Å². The minimum atomic E-state index is -5.08. The third-order valence-electron chi connectivity index (χ3n) is 5.60. The molecule has 15 nitrogen and oxygen atoms in total. The van der Waals surface area contributed by atoms with Crippen LogP contribution in [0.1, 0.15) is 5.56 Å². The molecule has 204 valence electrons. The number of carbonyl (C=O) groups is 1. The fourth-order valence-electron chi connectivity index (χ4n) is 3.68. The van der Waals surface area contributed by atoms with Crippen LogP contribution in [0.25, 0.3) is 17.0 Å². The summed E-state index contributed by atoms with van der Waals surface area (Å²) < 4.78 is 83.4. The molecule has 6 N–H and O–H groups in total. The Morgan fingerprint density at radius 3 is 2.37 bits per heavy atom. The predicted molar refractivity (Wildman–Crippen MR) is 124 cm³/mol. The van der Waals surface area contributed by atoms with Gasteiger partial charge in [0.05, 0.1) is 16.1 Å². The lowest BCUT2D eigenvalue weighted by atomic mass is 9.93. The van der Waals surface area contributed by atoms with Gasteiger partial charge in [-0.2, -0.15) is 18.3 Å². The van der Waals surface area contributed by atoms with E-state index in [0.29, 0.717) is 11.1 Å². The average molecular weight is 578 g/mol. The van der Waals surface area contributed by atoms with Crippen molar-refractivity contribution in [2.75, 3.05) is 13.1 Å². The molecule has 3 aliphatic heterocycles. The summed E-state index contributed by atoms with van der Waals surface area (Å²) in [7, 11) is -8.47. The van der Waals surface area contributed by atoms with E-state index in [2.05, 4.69) is 41.5 Å². The van der Waals surface area contributed by atoms with Crippen molar-refractivity contribution in [2.24, 2.45) is 21.2 Å². The molecule has 2 aromatic rings. The van der Waals surface area contributed by atoms with Gasteiger partial charge in [0.25, 0.3) is 0 Å². The van der Waals surface area contributed by atoms with Gasteiger partial charge in [-0.05, 0) is 27.6 Å². The Kier molecular flexibility index (Phi) is 7.07. The van der Waals surface area contributed by atoms with Crippen molar-refractivity contribution >= 4 is 43.8 Å². The summed E-state index contributed by atoms with van der Waals surface area (Å²) in [6.07, 6.45) is -0.245. The van der Waals surface area contributed by atoms with Crippen LogP contribution in [0.5, 0.6) is 0 Å². The van der Waals surface area contributed by atoms with Gasteiger partial charge in [0.15, 0.2) is 15.7 Å². The molecule has 3 aliphatic rings. The molecule has 5 rings (SSSR count). The number of primary sulfonamides is 1. The first kappa shape index (κ1) is 27.3. The van der Waals surface area contributed by atoms with Gasteiger partial charge in [-0.3, -0.25) is 10.4 Å². The first-order chi connectivity index (χ1) is 17.7. The van der Waals surface area contributed by atoms with E-state index in [1.165, 1.54) is 12.1 Å². The summed E-state index contributed by atoms with van der Waals surface area (Å²) in [6, 6.07) is 2.78. The molecule has 0 saturated carbocycles. The number of fused-ring (bicyclic) bond motifs is 1. The van der Waals surface area contributed by atoms with Crippen molar-refractivity contribution in [2.45, 2.75) is 27.4 Å². The molecule has 0 bridgehead atoms. The molecule has 1 aromatic heterocycles. The van der Waals surface area contributed by atoms with E-state index in [-0.39, 0.29) is 41.5 Å². The van der Waals surface area contributed by atoms with Crippen molar-refractivity contribution in [3.8, 4) is 11.4 Å². The van der Waals surface area contributed by atoms with E-state index >= 15 is 0 Å². The number of sulfonamides is 1. The number of nitrogens with two attached hydrogens (primary N) is 1. The average Bonchev–Trinajstić information content (AvgIpc) is 3.47. The molecule has 1 aromatic carbocycles. The van der Waals surface area contributed by atoms with Crippen LogP contribution < -0.4 is 15.9 Å². The second-order valence-corrected chi connectivity index (χ2v) is 11.8. The van der Waals surface area contributed by atoms with E-state index in [1.807, 2.05) is 6.08 Å². The lowest BCUT2D eigenvalue weighted by Crippen LogP contribution is -2.51. The first-order valence-electron chi connectivity index (χ1n) is 10.4. The van der Waals surface area contributed by atoms with Gasteiger partial charge in [-0.15, -0.1) is 5.10 Å². The Morgan fingerprint density at radius 2 is 1.84 bits per heavy atom. The highest BCUT2D eigenvalue weighted by Crippen LogP contribution is 2.38. The zero-order chi connectivity index (χ0) is 27.9. The van der Waals surface area contributed by atoms with Crippen molar-refractivity contribution in [3.63, 3.8) is 0 Å². The molecule has 2 atom stereocenters. The number of benzene rings is 1. The van der Waals surface area contributed by atoms with E-state index < -0.39 is 42.2 Å². The van der Waals surface area contributed by atoms with Crippen LogP contribution >= 0.6 is 0 Å². The van der Waals surface area contributed by atoms with Crippen molar-refractivity contribution in [3.05, 3.63) is 23.8 Å². The van der Waals surface area contributed by atoms with Gasteiger partial charge in [0.2, 0.25) is 10.0 Å². The highest BCUT2D eigenvalue weighted by Gasteiger charge is 2.39. The second-order valence-electron chi connectivity index (χ2n) is 8.07. The van der Waals surface area contributed by atoms with E-state index in [9.17, 15) is 30.0 Å². The summed E-state index contributed by atoms with van der Waals surface area (Å²) in [5.74, 6) is -2.94. The van der Waals surface area contributed by atoms with E-state index in [1.54, 1.807) is 12.4 Å². The number of allylic oxidation sites excluding steroid dienone is 1. The highest BCUT2D eigenvalue weighted by molar-refractivity contribution is 7.94. The number of aromatic nitrogens is 4. The maximum atomic E-state index is 13.2. The van der Waals surface area contributed by atoms with Gasteiger partial charge >= 0.3 is 12.1 Å². The number of carboxylic acids is 1. The van der Waals surface area contributed by atoms with E-state index in [0.717, 1.165) is 0 Å². The lowest BCUT2D eigenvalue weighted by Gasteiger charge is -2.28. The summed E-state index contributed by atoms with van der Waals surface area (Å²) in [5.41, 5.74) is 3.75. The molecule has 0 radical (unpaired) electrons. The molecular weight excluding hydrogens is 559 g/mol. The molecule has 20 heteroatoms. The van der Waals surface area contributed by atoms with Gasteiger partial charge in [0, 0.05) is 31.1 Å². The number of rotatable bonds is 5. The lowest BCUT2D eigenvalue weighted by molar-refractivity contribution is -0.192. The number of H-pyrrole nitrogens is 1. The number of alkyl halides is 3. The van der Waals surface area contributed by atoms with Crippen LogP contribution in [0.2, 0.25) is 0 Å². The normalized spacial score (nSPS) is 21.0. The predicted octanol–water partition coefficient (Wildman–Crippen LogP) is -1.11. The Hall–Kier alpha value is -3.75. The number of aliphatic imine (C=N–C) groups is 1. The maximum Gasteiger partial charge on any atom is 0.490 e.